The lowest BCUT2D eigenvalue weighted by Crippen LogP contribution is -2.52. The fourth-order valence-electron chi connectivity index (χ4n) is 4.68. The third-order valence-corrected chi connectivity index (χ3v) is 8.54. The van der Waals surface area contributed by atoms with Crippen molar-refractivity contribution in [2.45, 2.75) is 56.5 Å². The topological polar surface area (TPSA) is 49.4 Å². The number of benzene rings is 3. The summed E-state index contributed by atoms with van der Waals surface area (Å²) in [5.74, 6) is 0.578. The number of carbonyl (C=O) groups is 2. The van der Waals surface area contributed by atoms with Crippen molar-refractivity contribution in [3.8, 4) is 0 Å². The molecular weight excluding hydrogens is 559 g/mol. The Bertz CT molecular complexity index is 1220. The number of nitrogens with zero attached hydrogens (tertiary/aromatic N) is 1. The van der Waals surface area contributed by atoms with Crippen LogP contribution in [0, 0.1) is 0 Å². The zero-order valence-electron chi connectivity index (χ0n) is 21.0. The van der Waals surface area contributed by atoms with E-state index in [1.165, 1.54) is 11.8 Å². The predicted octanol–water partition coefficient (Wildman–Crippen LogP) is 7.58. The first kappa shape index (κ1) is 28.8. The minimum atomic E-state index is -0.638. The lowest BCUT2D eigenvalue weighted by molar-refractivity contribution is -0.139. The van der Waals surface area contributed by atoms with Gasteiger partial charge in [-0.05, 0) is 53.8 Å². The van der Waals surface area contributed by atoms with Crippen molar-refractivity contribution in [1.82, 2.24) is 10.2 Å². The Hall–Kier alpha value is -2.18. The highest BCUT2D eigenvalue weighted by molar-refractivity contribution is 7.99. The average molecular weight is 590 g/mol. The van der Waals surface area contributed by atoms with Gasteiger partial charge in [-0.1, -0.05) is 96.2 Å². The van der Waals surface area contributed by atoms with E-state index in [1.807, 2.05) is 60.7 Å². The predicted molar refractivity (Wildman–Crippen MR) is 159 cm³/mol. The van der Waals surface area contributed by atoms with Gasteiger partial charge in [0.2, 0.25) is 11.8 Å². The molecule has 0 heterocycles. The number of hydrogen-bond donors (Lipinski definition) is 1. The van der Waals surface area contributed by atoms with Crippen molar-refractivity contribution in [2.75, 3.05) is 5.75 Å². The number of carbonyl (C=O) groups excluding carboxylic acids is 2. The first-order chi connectivity index (χ1) is 18.4. The van der Waals surface area contributed by atoms with E-state index < -0.39 is 6.04 Å². The summed E-state index contributed by atoms with van der Waals surface area (Å²) in [7, 11) is 0. The van der Waals surface area contributed by atoms with Crippen LogP contribution in [0.3, 0.4) is 0 Å². The quantitative estimate of drug-likeness (QED) is 0.251. The highest BCUT2D eigenvalue weighted by atomic mass is 35.5. The molecule has 0 aromatic heterocycles. The average Bonchev–Trinajstić information content (AvgIpc) is 3.42. The van der Waals surface area contributed by atoms with Crippen molar-refractivity contribution in [2.24, 2.45) is 0 Å². The molecule has 1 aliphatic carbocycles. The van der Waals surface area contributed by atoms with Gasteiger partial charge in [-0.3, -0.25) is 9.59 Å². The Morgan fingerprint density at radius 1 is 0.895 bits per heavy atom. The maximum absolute atomic E-state index is 13.8. The summed E-state index contributed by atoms with van der Waals surface area (Å²) in [5, 5.41) is 5.01. The normalized spacial score (nSPS) is 14.3. The fraction of sp³-hybridized carbons (Fsp3) is 0.333. The molecule has 0 radical (unpaired) electrons. The molecule has 1 aliphatic rings. The van der Waals surface area contributed by atoms with E-state index in [-0.39, 0.29) is 23.6 Å². The summed E-state index contributed by atoms with van der Waals surface area (Å²) < 4.78 is 0. The Morgan fingerprint density at radius 3 is 2.26 bits per heavy atom. The molecule has 1 unspecified atom stereocenters. The van der Waals surface area contributed by atoms with Crippen LogP contribution in [0.15, 0.2) is 72.8 Å². The minimum absolute atomic E-state index is 0.0995. The summed E-state index contributed by atoms with van der Waals surface area (Å²) in [5.41, 5.74) is 2.84. The molecular formula is C30H31Cl3N2O2S. The molecule has 0 spiro atoms. The van der Waals surface area contributed by atoms with Gasteiger partial charge in [-0.15, -0.1) is 11.8 Å². The molecule has 1 atom stereocenters. The maximum Gasteiger partial charge on any atom is 0.243 e. The largest absolute Gasteiger partial charge is 0.352 e. The van der Waals surface area contributed by atoms with Crippen LogP contribution in [0.2, 0.25) is 15.1 Å². The van der Waals surface area contributed by atoms with E-state index in [2.05, 4.69) is 5.32 Å². The highest BCUT2D eigenvalue weighted by Crippen LogP contribution is 2.26. The Labute approximate surface area is 244 Å². The third-order valence-electron chi connectivity index (χ3n) is 6.74. The van der Waals surface area contributed by atoms with Gasteiger partial charge in [-0.25, -0.2) is 0 Å². The van der Waals surface area contributed by atoms with Crippen molar-refractivity contribution >= 4 is 58.4 Å². The molecule has 2 amide bonds. The molecule has 3 aromatic carbocycles. The van der Waals surface area contributed by atoms with Crippen LogP contribution >= 0.6 is 46.6 Å². The summed E-state index contributed by atoms with van der Waals surface area (Å²) in [6.45, 7) is 0.313. The monoisotopic (exact) mass is 588 g/mol. The second-order valence-electron chi connectivity index (χ2n) is 9.57. The molecule has 0 bridgehead atoms. The van der Waals surface area contributed by atoms with Gasteiger partial charge in [0.05, 0.1) is 5.75 Å². The van der Waals surface area contributed by atoms with Gasteiger partial charge in [0, 0.05) is 39.8 Å². The van der Waals surface area contributed by atoms with E-state index in [9.17, 15) is 9.59 Å². The second-order valence-corrected chi connectivity index (χ2v) is 11.8. The third kappa shape index (κ3) is 8.41. The van der Waals surface area contributed by atoms with E-state index in [4.69, 9.17) is 34.8 Å². The number of thioether (sulfide) groups is 1. The standard InChI is InChI=1S/C30H31Cl3N2O2S/c31-24-13-10-22(11-14-24)18-35(29(36)20-38-19-23-12-15-25(32)17-27(23)33)28(16-21-6-2-1-3-7-21)30(37)34-26-8-4-5-9-26/h1-3,6-7,10-15,17,26,28H,4-5,8-9,16,18-20H2,(H,34,37). The highest BCUT2D eigenvalue weighted by Gasteiger charge is 2.32. The number of nitrogens with one attached hydrogen (secondary N) is 1. The maximum atomic E-state index is 13.8. The Morgan fingerprint density at radius 2 is 1.58 bits per heavy atom. The van der Waals surface area contributed by atoms with Gasteiger partial charge in [0.25, 0.3) is 0 Å². The van der Waals surface area contributed by atoms with Crippen LogP contribution in [0.1, 0.15) is 42.4 Å². The molecule has 1 saturated carbocycles. The summed E-state index contributed by atoms with van der Waals surface area (Å²) in [4.78, 5) is 29.2. The van der Waals surface area contributed by atoms with Crippen LogP contribution < -0.4 is 5.32 Å². The zero-order chi connectivity index (χ0) is 26.9. The number of halogens is 3. The number of rotatable bonds is 11. The van der Waals surface area contributed by atoms with Gasteiger partial charge < -0.3 is 10.2 Å². The van der Waals surface area contributed by atoms with E-state index >= 15 is 0 Å². The van der Waals surface area contributed by atoms with Crippen molar-refractivity contribution in [3.05, 3.63) is 105 Å². The molecule has 1 N–H and O–H groups in total. The van der Waals surface area contributed by atoms with E-state index in [1.54, 1.807) is 17.0 Å². The molecule has 4 rings (SSSR count). The molecule has 0 aliphatic heterocycles. The van der Waals surface area contributed by atoms with E-state index in [0.717, 1.165) is 42.4 Å². The van der Waals surface area contributed by atoms with Crippen molar-refractivity contribution in [1.29, 1.82) is 0 Å². The van der Waals surface area contributed by atoms with Crippen LogP contribution in [0.4, 0.5) is 0 Å². The Kier molecular flexibility index (Phi) is 10.8. The first-order valence-corrected chi connectivity index (χ1v) is 15.1. The van der Waals surface area contributed by atoms with Crippen molar-refractivity contribution < 1.29 is 9.59 Å². The van der Waals surface area contributed by atoms with Crippen molar-refractivity contribution in [3.63, 3.8) is 0 Å². The number of amides is 2. The molecule has 0 saturated heterocycles. The molecule has 200 valence electrons. The smallest absolute Gasteiger partial charge is 0.243 e. The molecule has 38 heavy (non-hydrogen) atoms. The zero-order valence-corrected chi connectivity index (χ0v) is 24.1. The minimum Gasteiger partial charge on any atom is -0.352 e. The summed E-state index contributed by atoms with van der Waals surface area (Å²) >= 11 is 19.9. The van der Waals surface area contributed by atoms with Crippen LogP contribution in [-0.2, 0) is 28.3 Å². The first-order valence-electron chi connectivity index (χ1n) is 12.8. The second kappa shape index (κ2) is 14.3. The summed E-state index contributed by atoms with van der Waals surface area (Å²) in [6, 6.07) is 22.2. The van der Waals surface area contributed by atoms with Crippen LogP contribution in [0.25, 0.3) is 0 Å². The van der Waals surface area contributed by atoms with E-state index in [0.29, 0.717) is 33.8 Å². The van der Waals surface area contributed by atoms with Gasteiger partial charge in [0.1, 0.15) is 6.04 Å². The number of hydrogen-bond acceptors (Lipinski definition) is 3. The van der Waals surface area contributed by atoms with Gasteiger partial charge in [0.15, 0.2) is 0 Å². The SMILES string of the molecule is O=C(NC1CCCC1)C(Cc1ccccc1)N(Cc1ccc(Cl)cc1)C(=O)CSCc1ccc(Cl)cc1Cl. The lowest BCUT2D eigenvalue weighted by Gasteiger charge is -2.32. The summed E-state index contributed by atoms with van der Waals surface area (Å²) in [6.07, 6.45) is 4.63. The lowest BCUT2D eigenvalue weighted by atomic mass is 10.0. The van der Waals surface area contributed by atoms with Crippen LogP contribution in [0.5, 0.6) is 0 Å². The molecule has 4 nitrogen and oxygen atoms in total. The molecule has 1 fully saturated rings. The van der Waals surface area contributed by atoms with Gasteiger partial charge in [-0.2, -0.15) is 0 Å². The van der Waals surface area contributed by atoms with Gasteiger partial charge >= 0.3 is 0 Å². The fourth-order valence-corrected chi connectivity index (χ4v) is 6.27. The van der Waals surface area contributed by atoms with Crippen LogP contribution in [-0.4, -0.2) is 34.6 Å². The molecule has 8 heteroatoms. The Balaban J connectivity index is 1.56. The molecule has 3 aromatic rings.